The third kappa shape index (κ3) is 11.1. The molecule has 2 N–H and O–H groups in total. The Balaban J connectivity index is 0.00000187. The molecule has 2 amide bonds. The van der Waals surface area contributed by atoms with Crippen molar-refractivity contribution in [2.45, 2.75) is 111 Å². The van der Waals surface area contributed by atoms with Gasteiger partial charge in [0.1, 0.15) is 5.82 Å². The van der Waals surface area contributed by atoms with Gasteiger partial charge in [0.15, 0.2) is 0 Å². The molecule has 1 aliphatic heterocycles. The molecule has 0 bridgehead atoms. The molecule has 10 heteroatoms. The Bertz CT molecular complexity index is 921. The van der Waals surface area contributed by atoms with Crippen LogP contribution in [-0.4, -0.2) is 66.5 Å². The number of carbonyl (C=O) groups is 2. The Morgan fingerprint density at radius 2 is 1.73 bits per heavy atom. The summed E-state index contributed by atoms with van der Waals surface area (Å²) in [6.45, 7) is 13.3. The molecule has 1 saturated carbocycles. The van der Waals surface area contributed by atoms with E-state index in [0.29, 0.717) is 50.4 Å². The first-order valence-electron chi connectivity index (χ1n) is 15.7. The second kappa shape index (κ2) is 17.6. The zero-order chi connectivity index (χ0) is 30.4. The maximum absolute atomic E-state index is 13.3. The fourth-order valence-electron chi connectivity index (χ4n) is 5.79. The maximum Gasteiger partial charge on any atom is 0.416 e. The van der Waals surface area contributed by atoms with Crippen molar-refractivity contribution in [3.8, 4) is 0 Å². The highest BCUT2D eigenvalue weighted by atomic mass is 19.4. The lowest BCUT2D eigenvalue weighted by atomic mass is 9.89. The van der Waals surface area contributed by atoms with Crippen LogP contribution in [0.25, 0.3) is 0 Å². The summed E-state index contributed by atoms with van der Waals surface area (Å²) in [6.07, 6.45) is 4.97. The first-order chi connectivity index (χ1) is 19.6. The van der Waals surface area contributed by atoms with Gasteiger partial charge in [0, 0.05) is 63.3 Å². The predicted molar refractivity (Wildman–Crippen MR) is 159 cm³/mol. The Morgan fingerprint density at radius 3 is 2.32 bits per heavy atom. The van der Waals surface area contributed by atoms with Crippen LogP contribution in [0.5, 0.6) is 0 Å². The standard InChI is InChI=1S/C28H44F3N5O2.C3H8/c1-4-12-33-26(37)10-8-20(5-2)24(6-3)34-23-9-7-21(18-23)27(38)36-16-14-35(15-17-36)25-19-22(11-13-32-25)28(29,30)31;1-3-2/h11,13,19-21,23-24,34H,4-10,12,14-18H2,1-3H3,(H,33,37);3H2,1-2H3. The van der Waals surface area contributed by atoms with E-state index in [0.717, 1.165) is 63.6 Å². The van der Waals surface area contributed by atoms with Gasteiger partial charge >= 0.3 is 6.18 Å². The van der Waals surface area contributed by atoms with Crippen LogP contribution in [0.4, 0.5) is 19.0 Å². The molecule has 0 aromatic carbocycles. The minimum atomic E-state index is -4.40. The molecule has 1 aromatic rings. The highest BCUT2D eigenvalue weighted by Gasteiger charge is 2.36. The van der Waals surface area contributed by atoms with E-state index < -0.39 is 11.7 Å². The van der Waals surface area contributed by atoms with Gasteiger partial charge in [0.2, 0.25) is 11.8 Å². The smallest absolute Gasteiger partial charge is 0.356 e. The van der Waals surface area contributed by atoms with Gasteiger partial charge in [-0.05, 0) is 56.6 Å². The summed E-state index contributed by atoms with van der Waals surface area (Å²) in [7, 11) is 0. The van der Waals surface area contributed by atoms with Gasteiger partial charge in [0.05, 0.1) is 5.56 Å². The third-order valence-electron chi connectivity index (χ3n) is 8.07. The number of piperazine rings is 1. The monoisotopic (exact) mass is 583 g/mol. The average molecular weight is 584 g/mol. The molecule has 1 aromatic heterocycles. The summed E-state index contributed by atoms with van der Waals surface area (Å²) >= 11 is 0. The molecule has 2 heterocycles. The van der Waals surface area contributed by atoms with Gasteiger partial charge < -0.3 is 20.4 Å². The summed E-state index contributed by atoms with van der Waals surface area (Å²) in [5.74, 6) is 0.966. The van der Waals surface area contributed by atoms with Gasteiger partial charge in [-0.3, -0.25) is 9.59 Å². The van der Waals surface area contributed by atoms with Crippen LogP contribution in [0.15, 0.2) is 18.3 Å². The molecule has 7 nitrogen and oxygen atoms in total. The fraction of sp³-hybridized carbons (Fsp3) is 0.774. The number of hydrogen-bond donors (Lipinski definition) is 2. The van der Waals surface area contributed by atoms with Gasteiger partial charge in [-0.15, -0.1) is 0 Å². The summed E-state index contributed by atoms with van der Waals surface area (Å²) in [5.41, 5.74) is -0.707. The van der Waals surface area contributed by atoms with Crippen LogP contribution in [0, 0.1) is 11.8 Å². The molecular formula is C31H52F3N5O2. The number of rotatable bonds is 12. The number of carbonyl (C=O) groups excluding carboxylic acids is 2. The Kier molecular flexibility index (Phi) is 14.9. The minimum absolute atomic E-state index is 0.0249. The molecule has 41 heavy (non-hydrogen) atoms. The van der Waals surface area contributed by atoms with Crippen molar-refractivity contribution in [2.75, 3.05) is 37.6 Å². The van der Waals surface area contributed by atoms with Crippen LogP contribution in [0.2, 0.25) is 0 Å². The normalized spacial score (nSPS) is 20.7. The molecule has 0 radical (unpaired) electrons. The van der Waals surface area contributed by atoms with E-state index in [1.54, 1.807) is 0 Å². The van der Waals surface area contributed by atoms with E-state index in [1.165, 1.54) is 12.6 Å². The second-order valence-electron chi connectivity index (χ2n) is 11.4. The number of alkyl halides is 3. The number of amides is 2. The van der Waals surface area contributed by atoms with Crippen LogP contribution < -0.4 is 15.5 Å². The van der Waals surface area contributed by atoms with E-state index in [4.69, 9.17) is 0 Å². The van der Waals surface area contributed by atoms with E-state index >= 15 is 0 Å². The molecule has 4 unspecified atom stereocenters. The lowest BCUT2D eigenvalue weighted by Crippen LogP contribution is -2.50. The molecular weight excluding hydrogens is 531 g/mol. The summed E-state index contributed by atoms with van der Waals surface area (Å²) < 4.78 is 39.2. The predicted octanol–water partition coefficient (Wildman–Crippen LogP) is 6.03. The van der Waals surface area contributed by atoms with Crippen LogP contribution in [0.3, 0.4) is 0 Å². The van der Waals surface area contributed by atoms with E-state index in [9.17, 15) is 22.8 Å². The van der Waals surface area contributed by atoms with Gasteiger partial charge in [0.25, 0.3) is 0 Å². The van der Waals surface area contributed by atoms with Crippen molar-refractivity contribution in [3.63, 3.8) is 0 Å². The lowest BCUT2D eigenvalue weighted by Gasteiger charge is -2.36. The van der Waals surface area contributed by atoms with Crippen molar-refractivity contribution >= 4 is 17.6 Å². The first kappa shape index (κ1) is 34.8. The van der Waals surface area contributed by atoms with Gasteiger partial charge in [-0.25, -0.2) is 4.98 Å². The number of nitrogens with zero attached hydrogens (tertiary/aromatic N) is 3. The molecule has 4 atom stereocenters. The van der Waals surface area contributed by atoms with Crippen LogP contribution >= 0.6 is 0 Å². The second-order valence-corrected chi connectivity index (χ2v) is 11.4. The highest BCUT2D eigenvalue weighted by molar-refractivity contribution is 5.79. The molecule has 2 fully saturated rings. The van der Waals surface area contributed by atoms with Crippen LogP contribution in [-0.2, 0) is 15.8 Å². The zero-order valence-electron chi connectivity index (χ0n) is 25.7. The first-order valence-corrected chi connectivity index (χ1v) is 15.7. The average Bonchev–Trinajstić information content (AvgIpc) is 3.44. The minimum Gasteiger partial charge on any atom is -0.356 e. The van der Waals surface area contributed by atoms with Crippen molar-refractivity contribution in [2.24, 2.45) is 11.8 Å². The molecule has 3 rings (SSSR count). The fourth-order valence-corrected chi connectivity index (χ4v) is 5.79. The number of pyridine rings is 1. The summed E-state index contributed by atoms with van der Waals surface area (Å²) in [6, 6.07) is 2.66. The van der Waals surface area contributed by atoms with E-state index in [1.807, 2.05) is 16.7 Å². The summed E-state index contributed by atoms with van der Waals surface area (Å²) in [4.78, 5) is 33.1. The number of nitrogens with one attached hydrogen (secondary N) is 2. The zero-order valence-corrected chi connectivity index (χ0v) is 25.7. The highest BCUT2D eigenvalue weighted by Crippen LogP contribution is 2.32. The number of halogens is 3. The van der Waals surface area contributed by atoms with Gasteiger partial charge in [-0.1, -0.05) is 47.5 Å². The SMILES string of the molecule is CCC.CCCNC(=O)CCC(CC)C(CC)NC1CCC(C(=O)N2CCN(c3cc(C(F)(F)F)ccn3)CC2)C1. The van der Waals surface area contributed by atoms with Crippen LogP contribution in [0.1, 0.15) is 98.0 Å². The van der Waals surface area contributed by atoms with Crippen molar-refractivity contribution in [1.82, 2.24) is 20.5 Å². The number of aromatic nitrogens is 1. The summed E-state index contributed by atoms with van der Waals surface area (Å²) in [5, 5.41) is 6.76. The van der Waals surface area contributed by atoms with Crippen molar-refractivity contribution in [1.29, 1.82) is 0 Å². The molecule has 0 spiro atoms. The van der Waals surface area contributed by atoms with Gasteiger partial charge in [-0.2, -0.15) is 13.2 Å². The Labute approximate surface area is 245 Å². The lowest BCUT2D eigenvalue weighted by molar-refractivity contribution is -0.137. The topological polar surface area (TPSA) is 77.6 Å². The molecule has 1 aliphatic carbocycles. The molecule has 234 valence electrons. The third-order valence-corrected chi connectivity index (χ3v) is 8.07. The molecule has 1 saturated heterocycles. The van der Waals surface area contributed by atoms with Crippen molar-refractivity contribution < 1.29 is 22.8 Å². The maximum atomic E-state index is 13.3. The van der Waals surface area contributed by atoms with Crippen molar-refractivity contribution in [3.05, 3.63) is 23.9 Å². The molecule has 2 aliphatic rings. The van der Waals surface area contributed by atoms with E-state index in [-0.39, 0.29) is 23.8 Å². The largest absolute Gasteiger partial charge is 0.416 e. The Morgan fingerprint density at radius 1 is 1.05 bits per heavy atom. The Hall–Kier alpha value is -2.36. The quantitative estimate of drug-likeness (QED) is 0.314. The number of anilines is 1. The number of hydrogen-bond acceptors (Lipinski definition) is 5. The van der Waals surface area contributed by atoms with E-state index in [2.05, 4.69) is 43.3 Å².